The molecule has 1 aromatic rings. The van der Waals surface area contributed by atoms with E-state index in [2.05, 4.69) is 30.1 Å². The molecule has 1 N–H and O–H groups in total. The predicted molar refractivity (Wildman–Crippen MR) is 121 cm³/mol. The van der Waals surface area contributed by atoms with Gasteiger partial charge in [-0.2, -0.15) is 0 Å². The summed E-state index contributed by atoms with van der Waals surface area (Å²) in [6.07, 6.45) is 4.30. The van der Waals surface area contributed by atoms with Gasteiger partial charge in [-0.1, -0.05) is 13.0 Å². The lowest BCUT2D eigenvalue weighted by atomic mass is 10.1. The maximum atomic E-state index is 5.97. The van der Waals surface area contributed by atoms with Crippen molar-refractivity contribution in [1.82, 2.24) is 10.2 Å². The number of methoxy groups -OCH3 is 2. The summed E-state index contributed by atoms with van der Waals surface area (Å²) in [5.74, 6) is 2.50. The summed E-state index contributed by atoms with van der Waals surface area (Å²) in [6, 6.07) is 6.04. The first-order chi connectivity index (χ1) is 14.7. The maximum absolute atomic E-state index is 5.97. The SMILES string of the molecule is CCCOc1ccc(CN=C(NCC)N2CCC(OCCCOC)CC2)cc1OC. The number of aliphatic imine (C=N–C) groups is 1. The van der Waals surface area contributed by atoms with E-state index < -0.39 is 0 Å². The van der Waals surface area contributed by atoms with Crippen LogP contribution in [0.2, 0.25) is 0 Å². The van der Waals surface area contributed by atoms with Gasteiger partial charge in [0.15, 0.2) is 17.5 Å². The zero-order valence-electron chi connectivity index (χ0n) is 19.1. The first-order valence-electron chi connectivity index (χ1n) is 11.1. The van der Waals surface area contributed by atoms with Gasteiger partial charge in [-0.05, 0) is 50.3 Å². The monoisotopic (exact) mass is 421 g/mol. The molecule has 0 aliphatic carbocycles. The molecule has 30 heavy (non-hydrogen) atoms. The summed E-state index contributed by atoms with van der Waals surface area (Å²) >= 11 is 0. The van der Waals surface area contributed by atoms with Crippen molar-refractivity contribution in [2.24, 2.45) is 4.99 Å². The molecule has 1 saturated heterocycles. The van der Waals surface area contributed by atoms with Gasteiger partial charge in [0, 0.05) is 40.0 Å². The van der Waals surface area contributed by atoms with Crippen LogP contribution in [0.3, 0.4) is 0 Å². The first kappa shape index (κ1) is 24.3. The minimum atomic E-state index is 0.334. The highest BCUT2D eigenvalue weighted by atomic mass is 16.5. The molecule has 1 aliphatic heterocycles. The van der Waals surface area contributed by atoms with E-state index in [9.17, 15) is 0 Å². The maximum Gasteiger partial charge on any atom is 0.194 e. The molecular weight excluding hydrogens is 382 g/mol. The van der Waals surface area contributed by atoms with Crippen molar-refractivity contribution < 1.29 is 18.9 Å². The molecule has 7 nitrogen and oxygen atoms in total. The summed E-state index contributed by atoms with van der Waals surface area (Å²) in [7, 11) is 3.40. The fourth-order valence-electron chi connectivity index (χ4n) is 3.42. The fraction of sp³-hybridized carbons (Fsp3) is 0.696. The van der Waals surface area contributed by atoms with Crippen LogP contribution < -0.4 is 14.8 Å². The van der Waals surface area contributed by atoms with Gasteiger partial charge in [-0.25, -0.2) is 4.99 Å². The highest BCUT2D eigenvalue weighted by Gasteiger charge is 2.21. The van der Waals surface area contributed by atoms with Gasteiger partial charge >= 0.3 is 0 Å². The quantitative estimate of drug-likeness (QED) is 0.317. The average molecular weight is 422 g/mol. The molecule has 0 saturated carbocycles. The number of guanidine groups is 1. The Bertz CT molecular complexity index is 631. The summed E-state index contributed by atoms with van der Waals surface area (Å²) in [5.41, 5.74) is 1.10. The Morgan fingerprint density at radius 1 is 1.10 bits per heavy atom. The van der Waals surface area contributed by atoms with Crippen LogP contribution in [0.1, 0.15) is 45.1 Å². The Labute approximate surface area is 181 Å². The third kappa shape index (κ3) is 8.03. The van der Waals surface area contributed by atoms with E-state index in [0.29, 0.717) is 19.3 Å². The Morgan fingerprint density at radius 3 is 2.57 bits per heavy atom. The highest BCUT2D eigenvalue weighted by Crippen LogP contribution is 2.28. The molecule has 2 rings (SSSR count). The van der Waals surface area contributed by atoms with Crippen molar-refractivity contribution in [2.75, 3.05) is 53.7 Å². The molecular formula is C23H39N3O4. The van der Waals surface area contributed by atoms with Crippen LogP contribution in [-0.2, 0) is 16.0 Å². The molecule has 1 fully saturated rings. The molecule has 0 bridgehead atoms. The summed E-state index contributed by atoms with van der Waals surface area (Å²) in [4.78, 5) is 7.19. The molecule has 0 radical (unpaired) electrons. The Hall–Kier alpha value is -1.99. The fourth-order valence-corrected chi connectivity index (χ4v) is 3.42. The van der Waals surface area contributed by atoms with E-state index in [4.69, 9.17) is 23.9 Å². The third-order valence-electron chi connectivity index (χ3n) is 5.02. The van der Waals surface area contributed by atoms with Crippen molar-refractivity contribution in [3.63, 3.8) is 0 Å². The van der Waals surface area contributed by atoms with Crippen LogP contribution in [0.5, 0.6) is 11.5 Å². The number of piperidine rings is 1. The summed E-state index contributed by atoms with van der Waals surface area (Å²) < 4.78 is 22.3. The van der Waals surface area contributed by atoms with E-state index >= 15 is 0 Å². The van der Waals surface area contributed by atoms with Gasteiger partial charge in [-0.3, -0.25) is 0 Å². The number of hydrogen-bond donors (Lipinski definition) is 1. The molecule has 0 aromatic heterocycles. The summed E-state index contributed by atoms with van der Waals surface area (Å²) in [6.45, 7) is 9.75. The van der Waals surface area contributed by atoms with E-state index in [-0.39, 0.29) is 0 Å². The molecule has 0 amide bonds. The van der Waals surface area contributed by atoms with Gasteiger partial charge < -0.3 is 29.2 Å². The number of ether oxygens (including phenoxy) is 4. The number of likely N-dealkylation sites (tertiary alicyclic amines) is 1. The Morgan fingerprint density at radius 2 is 1.90 bits per heavy atom. The van der Waals surface area contributed by atoms with Crippen molar-refractivity contribution in [1.29, 1.82) is 0 Å². The average Bonchev–Trinajstić information content (AvgIpc) is 2.79. The Balaban J connectivity index is 1.91. The van der Waals surface area contributed by atoms with Gasteiger partial charge in [0.05, 0.1) is 26.4 Å². The number of nitrogens with one attached hydrogen (secondary N) is 1. The molecule has 0 unspecified atom stereocenters. The summed E-state index contributed by atoms with van der Waals surface area (Å²) in [5, 5.41) is 3.43. The second-order valence-corrected chi connectivity index (χ2v) is 7.41. The molecule has 1 heterocycles. The van der Waals surface area contributed by atoms with Crippen molar-refractivity contribution in [3.05, 3.63) is 23.8 Å². The second-order valence-electron chi connectivity index (χ2n) is 7.41. The smallest absolute Gasteiger partial charge is 0.194 e. The van der Waals surface area contributed by atoms with E-state index in [0.717, 1.165) is 81.6 Å². The van der Waals surface area contributed by atoms with Gasteiger partial charge in [-0.15, -0.1) is 0 Å². The lowest BCUT2D eigenvalue weighted by Crippen LogP contribution is -2.47. The van der Waals surface area contributed by atoms with Crippen molar-refractivity contribution in [3.8, 4) is 11.5 Å². The normalized spacial score (nSPS) is 15.3. The van der Waals surface area contributed by atoms with Crippen LogP contribution >= 0.6 is 0 Å². The number of benzene rings is 1. The van der Waals surface area contributed by atoms with Crippen LogP contribution in [0.4, 0.5) is 0 Å². The minimum Gasteiger partial charge on any atom is -0.493 e. The third-order valence-corrected chi connectivity index (χ3v) is 5.02. The van der Waals surface area contributed by atoms with E-state index in [1.165, 1.54) is 0 Å². The number of hydrogen-bond acceptors (Lipinski definition) is 5. The molecule has 1 aliphatic rings. The Kier molecular flexibility index (Phi) is 11.4. The zero-order chi connectivity index (χ0) is 21.6. The second kappa shape index (κ2) is 14.1. The zero-order valence-corrected chi connectivity index (χ0v) is 19.1. The molecule has 0 atom stereocenters. The van der Waals surface area contributed by atoms with E-state index in [1.54, 1.807) is 14.2 Å². The highest BCUT2D eigenvalue weighted by molar-refractivity contribution is 5.80. The molecule has 0 spiro atoms. The van der Waals surface area contributed by atoms with Crippen LogP contribution in [0.25, 0.3) is 0 Å². The minimum absolute atomic E-state index is 0.334. The first-order valence-corrected chi connectivity index (χ1v) is 11.1. The van der Waals surface area contributed by atoms with Crippen molar-refractivity contribution >= 4 is 5.96 Å². The van der Waals surface area contributed by atoms with Crippen LogP contribution in [0, 0.1) is 0 Å². The van der Waals surface area contributed by atoms with Gasteiger partial charge in [0.25, 0.3) is 0 Å². The van der Waals surface area contributed by atoms with Gasteiger partial charge in [0.2, 0.25) is 0 Å². The lowest BCUT2D eigenvalue weighted by molar-refractivity contribution is 0.00990. The van der Waals surface area contributed by atoms with Crippen LogP contribution in [-0.4, -0.2) is 70.6 Å². The molecule has 7 heteroatoms. The number of nitrogens with zero attached hydrogens (tertiary/aromatic N) is 2. The van der Waals surface area contributed by atoms with E-state index in [1.807, 2.05) is 12.1 Å². The molecule has 1 aromatic carbocycles. The standard InChI is InChI=1S/C23H39N3O4/c1-5-14-30-21-9-8-19(17-22(21)28-4)18-25-23(24-6-2)26-12-10-20(11-13-26)29-16-7-15-27-3/h8-9,17,20H,5-7,10-16,18H2,1-4H3,(H,24,25). The largest absolute Gasteiger partial charge is 0.493 e. The lowest BCUT2D eigenvalue weighted by Gasteiger charge is -2.34. The topological polar surface area (TPSA) is 64.6 Å². The van der Waals surface area contributed by atoms with Crippen molar-refractivity contribution in [2.45, 2.75) is 52.2 Å². The van der Waals surface area contributed by atoms with Gasteiger partial charge in [0.1, 0.15) is 0 Å². The number of rotatable bonds is 12. The predicted octanol–water partition coefficient (Wildman–Crippen LogP) is 3.47. The van der Waals surface area contributed by atoms with Crippen LogP contribution in [0.15, 0.2) is 23.2 Å². The molecule has 170 valence electrons.